The lowest BCUT2D eigenvalue weighted by atomic mass is 9.86. The van der Waals surface area contributed by atoms with E-state index in [1.807, 2.05) is 12.1 Å². The number of ether oxygens (including phenoxy) is 1. The predicted octanol–water partition coefficient (Wildman–Crippen LogP) is 3.88. The van der Waals surface area contributed by atoms with Gasteiger partial charge in [0.2, 0.25) is 5.91 Å². The van der Waals surface area contributed by atoms with Crippen LogP contribution in [0.1, 0.15) is 57.4 Å². The third kappa shape index (κ3) is 3.13. The molecule has 0 bridgehead atoms. The van der Waals surface area contributed by atoms with E-state index in [1.165, 1.54) is 31.2 Å². The molecule has 1 amide bonds. The van der Waals surface area contributed by atoms with Gasteiger partial charge in [-0.3, -0.25) is 4.79 Å². The largest absolute Gasteiger partial charge is 0.497 e. The average molecular weight is 301 g/mol. The van der Waals surface area contributed by atoms with Crippen molar-refractivity contribution in [3.8, 4) is 5.75 Å². The highest BCUT2D eigenvalue weighted by Gasteiger charge is 2.46. The molecule has 2 saturated carbocycles. The van der Waals surface area contributed by atoms with E-state index in [-0.39, 0.29) is 17.4 Å². The number of rotatable bonds is 5. The number of hydrogen-bond acceptors (Lipinski definition) is 2. The summed E-state index contributed by atoms with van der Waals surface area (Å²) in [4.78, 5) is 12.6. The Morgan fingerprint density at radius 1 is 1.27 bits per heavy atom. The van der Waals surface area contributed by atoms with Crippen molar-refractivity contribution in [3.05, 3.63) is 29.8 Å². The lowest BCUT2D eigenvalue weighted by Gasteiger charge is -2.33. The summed E-state index contributed by atoms with van der Waals surface area (Å²) in [6, 6.07) is 8.11. The summed E-state index contributed by atoms with van der Waals surface area (Å²) in [5.74, 6) is 2.22. The second-order valence-corrected chi connectivity index (χ2v) is 7.42. The molecule has 0 spiro atoms. The second-order valence-electron chi connectivity index (χ2n) is 7.42. The minimum absolute atomic E-state index is 0.0743. The Morgan fingerprint density at radius 3 is 2.68 bits per heavy atom. The molecule has 3 nitrogen and oxygen atoms in total. The highest BCUT2D eigenvalue weighted by atomic mass is 16.5. The topological polar surface area (TPSA) is 38.3 Å². The molecule has 0 unspecified atom stereocenters. The van der Waals surface area contributed by atoms with E-state index in [0.717, 1.165) is 12.2 Å². The number of methoxy groups -OCH3 is 1. The summed E-state index contributed by atoms with van der Waals surface area (Å²) >= 11 is 0. The first-order valence-electron chi connectivity index (χ1n) is 8.47. The van der Waals surface area contributed by atoms with Crippen LogP contribution in [0, 0.1) is 11.8 Å². The Kier molecular flexibility index (Phi) is 4.16. The second kappa shape index (κ2) is 5.94. The minimum atomic E-state index is -0.0743. The van der Waals surface area contributed by atoms with Gasteiger partial charge >= 0.3 is 0 Å². The maximum absolute atomic E-state index is 12.6. The smallest absolute Gasteiger partial charge is 0.224 e. The van der Waals surface area contributed by atoms with Crippen molar-refractivity contribution in [1.82, 2.24) is 5.32 Å². The fourth-order valence-corrected chi connectivity index (χ4v) is 3.89. The van der Waals surface area contributed by atoms with Crippen LogP contribution in [0.4, 0.5) is 0 Å². The molecule has 2 aliphatic rings. The molecule has 1 N–H and O–H groups in total. The zero-order valence-electron chi connectivity index (χ0n) is 13.9. The molecule has 3 rings (SSSR count). The summed E-state index contributed by atoms with van der Waals surface area (Å²) in [5.41, 5.74) is 1.15. The molecule has 2 atom stereocenters. The minimum Gasteiger partial charge on any atom is -0.497 e. The van der Waals surface area contributed by atoms with Crippen LogP contribution in [-0.2, 0) is 4.79 Å². The SMILES string of the molecule is COc1cccc([C@H]2C[C@H]2C(=O)NC(C)(C)C2CCCC2)c1. The summed E-state index contributed by atoms with van der Waals surface area (Å²) in [7, 11) is 1.68. The van der Waals surface area contributed by atoms with E-state index in [0.29, 0.717) is 11.8 Å². The molecule has 0 saturated heterocycles. The van der Waals surface area contributed by atoms with E-state index in [1.54, 1.807) is 7.11 Å². The zero-order chi connectivity index (χ0) is 15.7. The van der Waals surface area contributed by atoms with Gasteiger partial charge in [0.05, 0.1) is 7.11 Å². The first-order chi connectivity index (χ1) is 10.5. The van der Waals surface area contributed by atoms with Crippen molar-refractivity contribution in [2.75, 3.05) is 7.11 Å². The van der Waals surface area contributed by atoms with E-state index in [4.69, 9.17) is 4.74 Å². The number of benzene rings is 1. The highest BCUT2D eigenvalue weighted by Crippen LogP contribution is 2.48. The number of nitrogens with one attached hydrogen (secondary N) is 1. The molecular formula is C19H27NO2. The van der Waals surface area contributed by atoms with Gasteiger partial charge in [0.1, 0.15) is 5.75 Å². The van der Waals surface area contributed by atoms with Crippen LogP contribution >= 0.6 is 0 Å². The Labute approximate surface area is 133 Å². The van der Waals surface area contributed by atoms with Crippen LogP contribution < -0.4 is 10.1 Å². The Balaban J connectivity index is 1.60. The molecular weight excluding hydrogens is 274 g/mol. The van der Waals surface area contributed by atoms with Crippen LogP contribution in [0.25, 0.3) is 0 Å². The van der Waals surface area contributed by atoms with Gasteiger partial charge in [0.25, 0.3) is 0 Å². The average Bonchev–Trinajstić information content (AvgIpc) is 3.11. The maximum atomic E-state index is 12.6. The number of amides is 1. The quantitative estimate of drug-likeness (QED) is 0.896. The van der Waals surface area contributed by atoms with Gasteiger partial charge in [-0.1, -0.05) is 25.0 Å². The standard InChI is InChI=1S/C19H27NO2/c1-19(2,14-8-4-5-9-14)20-18(21)17-12-16(17)13-7-6-10-15(11-13)22-3/h6-7,10-11,14,16-17H,4-5,8-9,12H2,1-3H3,(H,20,21)/t16-,17-/m1/s1. The lowest BCUT2D eigenvalue weighted by Crippen LogP contribution is -2.49. The first kappa shape index (κ1) is 15.4. The molecule has 1 aromatic rings. The van der Waals surface area contributed by atoms with Crippen molar-refractivity contribution < 1.29 is 9.53 Å². The summed E-state index contributed by atoms with van der Waals surface area (Å²) in [6.07, 6.45) is 6.06. The molecule has 3 heteroatoms. The normalized spacial score (nSPS) is 25.0. The van der Waals surface area contributed by atoms with E-state index in [9.17, 15) is 4.79 Å². The zero-order valence-corrected chi connectivity index (χ0v) is 13.9. The fraction of sp³-hybridized carbons (Fsp3) is 0.632. The van der Waals surface area contributed by atoms with Crippen LogP contribution in [0.3, 0.4) is 0 Å². The molecule has 0 heterocycles. The van der Waals surface area contributed by atoms with E-state index < -0.39 is 0 Å². The molecule has 1 aromatic carbocycles. The van der Waals surface area contributed by atoms with Crippen LogP contribution in [0.5, 0.6) is 5.75 Å². The molecule has 120 valence electrons. The molecule has 2 aliphatic carbocycles. The van der Waals surface area contributed by atoms with Gasteiger partial charge < -0.3 is 10.1 Å². The van der Waals surface area contributed by atoms with Crippen LogP contribution in [-0.4, -0.2) is 18.6 Å². The third-order valence-electron chi connectivity index (χ3n) is 5.47. The van der Waals surface area contributed by atoms with Gasteiger partial charge in [-0.2, -0.15) is 0 Å². The maximum Gasteiger partial charge on any atom is 0.224 e. The lowest BCUT2D eigenvalue weighted by molar-refractivity contribution is -0.124. The van der Waals surface area contributed by atoms with Crippen molar-refractivity contribution in [1.29, 1.82) is 0 Å². The highest BCUT2D eigenvalue weighted by molar-refractivity contribution is 5.83. The van der Waals surface area contributed by atoms with Crippen LogP contribution in [0.2, 0.25) is 0 Å². The third-order valence-corrected chi connectivity index (χ3v) is 5.47. The summed E-state index contributed by atoms with van der Waals surface area (Å²) in [5, 5.41) is 3.32. The molecule has 0 radical (unpaired) electrons. The van der Waals surface area contributed by atoms with Gasteiger partial charge in [-0.05, 0) is 62.6 Å². The Bertz CT molecular complexity index is 546. The van der Waals surface area contributed by atoms with Gasteiger partial charge in [-0.15, -0.1) is 0 Å². The Morgan fingerprint density at radius 2 is 2.00 bits per heavy atom. The number of carbonyl (C=O) groups excluding carboxylic acids is 1. The summed E-state index contributed by atoms with van der Waals surface area (Å²) < 4.78 is 5.28. The predicted molar refractivity (Wildman–Crippen MR) is 88.0 cm³/mol. The van der Waals surface area contributed by atoms with E-state index in [2.05, 4.69) is 31.3 Å². The molecule has 2 fully saturated rings. The van der Waals surface area contributed by atoms with Gasteiger partial charge in [0, 0.05) is 11.5 Å². The van der Waals surface area contributed by atoms with Crippen molar-refractivity contribution in [2.45, 2.75) is 57.4 Å². The molecule has 0 aliphatic heterocycles. The van der Waals surface area contributed by atoms with Gasteiger partial charge in [0.15, 0.2) is 0 Å². The monoisotopic (exact) mass is 301 g/mol. The number of carbonyl (C=O) groups is 1. The molecule has 0 aromatic heterocycles. The number of hydrogen-bond donors (Lipinski definition) is 1. The fourth-order valence-electron chi connectivity index (χ4n) is 3.89. The van der Waals surface area contributed by atoms with E-state index >= 15 is 0 Å². The van der Waals surface area contributed by atoms with Crippen molar-refractivity contribution in [2.24, 2.45) is 11.8 Å². The van der Waals surface area contributed by atoms with Crippen molar-refractivity contribution in [3.63, 3.8) is 0 Å². The summed E-state index contributed by atoms with van der Waals surface area (Å²) in [6.45, 7) is 4.37. The Hall–Kier alpha value is -1.51. The van der Waals surface area contributed by atoms with Crippen LogP contribution in [0.15, 0.2) is 24.3 Å². The first-order valence-corrected chi connectivity index (χ1v) is 8.47. The van der Waals surface area contributed by atoms with Gasteiger partial charge in [-0.25, -0.2) is 0 Å². The van der Waals surface area contributed by atoms with Crippen molar-refractivity contribution >= 4 is 5.91 Å². The molecule has 22 heavy (non-hydrogen) atoms.